The van der Waals surface area contributed by atoms with Crippen LogP contribution in [-0.2, 0) is 6.42 Å². The Morgan fingerprint density at radius 1 is 1.47 bits per heavy atom. The number of aliphatic hydroxyl groups is 1. The highest BCUT2D eigenvalue weighted by molar-refractivity contribution is 6.30. The molecule has 5 heteroatoms. The van der Waals surface area contributed by atoms with Crippen LogP contribution in [0, 0.1) is 0 Å². The number of hydrogen-bond donors (Lipinski definition) is 2. The third-order valence-corrected chi connectivity index (χ3v) is 3.89. The summed E-state index contributed by atoms with van der Waals surface area (Å²) in [7, 11) is 0. The molecule has 0 spiro atoms. The van der Waals surface area contributed by atoms with Gasteiger partial charge in [-0.2, -0.15) is 0 Å². The highest BCUT2D eigenvalue weighted by Gasteiger charge is 2.37. The molecule has 2 N–H and O–H groups in total. The summed E-state index contributed by atoms with van der Waals surface area (Å²) in [6, 6.07) is 7.19. The van der Waals surface area contributed by atoms with Crippen molar-refractivity contribution >= 4 is 17.7 Å². The van der Waals surface area contributed by atoms with Crippen LogP contribution in [0.4, 0.5) is 4.79 Å². The van der Waals surface area contributed by atoms with Gasteiger partial charge in [-0.05, 0) is 43.9 Å². The first-order valence-electron chi connectivity index (χ1n) is 6.34. The van der Waals surface area contributed by atoms with Crippen molar-refractivity contribution in [1.82, 2.24) is 4.90 Å². The molecule has 1 amide bonds. The summed E-state index contributed by atoms with van der Waals surface area (Å²) in [5, 5.41) is 20.0. The number of nitrogens with zero attached hydrogens (tertiary/aromatic N) is 1. The second-order valence-electron chi connectivity index (χ2n) is 5.41. The summed E-state index contributed by atoms with van der Waals surface area (Å²) < 4.78 is 0. The maximum Gasteiger partial charge on any atom is 0.407 e. The molecule has 0 radical (unpaired) electrons. The normalized spacial score (nSPS) is 27.3. The van der Waals surface area contributed by atoms with Crippen molar-refractivity contribution in [2.45, 2.75) is 37.8 Å². The van der Waals surface area contributed by atoms with E-state index in [0.29, 0.717) is 30.8 Å². The Labute approximate surface area is 117 Å². The molecule has 0 aromatic heterocycles. The number of benzene rings is 1. The van der Waals surface area contributed by atoms with Crippen LogP contribution >= 0.6 is 11.6 Å². The van der Waals surface area contributed by atoms with Crippen molar-refractivity contribution in [2.24, 2.45) is 0 Å². The molecule has 2 rings (SSSR count). The van der Waals surface area contributed by atoms with Crippen molar-refractivity contribution < 1.29 is 15.0 Å². The van der Waals surface area contributed by atoms with Crippen molar-refractivity contribution in [3.8, 4) is 0 Å². The smallest absolute Gasteiger partial charge is 0.407 e. The third kappa shape index (κ3) is 3.61. The molecule has 0 bridgehead atoms. The van der Waals surface area contributed by atoms with Gasteiger partial charge in [0, 0.05) is 17.6 Å². The van der Waals surface area contributed by atoms with Gasteiger partial charge in [-0.25, -0.2) is 4.79 Å². The van der Waals surface area contributed by atoms with Crippen molar-refractivity contribution in [1.29, 1.82) is 0 Å². The number of carbonyl (C=O) groups is 1. The fourth-order valence-corrected chi connectivity index (χ4v) is 2.72. The van der Waals surface area contributed by atoms with Crippen molar-refractivity contribution in [3.05, 3.63) is 34.9 Å². The summed E-state index contributed by atoms with van der Waals surface area (Å²) >= 11 is 5.83. The zero-order chi connectivity index (χ0) is 14.0. The summed E-state index contributed by atoms with van der Waals surface area (Å²) in [5.74, 6) is 0. The Bertz CT molecular complexity index is 458. The first-order chi connectivity index (χ1) is 8.87. The first-order valence-corrected chi connectivity index (χ1v) is 6.71. The molecule has 1 fully saturated rings. The first kappa shape index (κ1) is 14.2. The number of carboxylic acid groups (broad SMARTS) is 1. The topological polar surface area (TPSA) is 60.8 Å². The molecule has 1 heterocycles. The zero-order valence-electron chi connectivity index (χ0n) is 10.8. The standard InChI is InChI=1S/C14H18ClNO3/c1-14(19)6-7-16(13(17)18)12(9-14)8-10-2-4-11(15)5-3-10/h2-5,12,19H,6-9H2,1H3,(H,17,18)/t12-,14?/m0/s1. The molecule has 104 valence electrons. The predicted octanol–water partition coefficient (Wildman–Crippen LogP) is 2.78. The lowest BCUT2D eigenvalue weighted by Gasteiger charge is -2.41. The average molecular weight is 284 g/mol. The fraction of sp³-hybridized carbons (Fsp3) is 0.500. The number of amides is 1. The van der Waals surface area contributed by atoms with Gasteiger partial charge in [0.15, 0.2) is 0 Å². The molecule has 4 nitrogen and oxygen atoms in total. The molecular weight excluding hydrogens is 266 g/mol. The van der Waals surface area contributed by atoms with Crippen LogP contribution < -0.4 is 0 Å². The van der Waals surface area contributed by atoms with E-state index in [1.165, 1.54) is 4.90 Å². The number of halogens is 1. The van der Waals surface area contributed by atoms with Crippen LogP contribution in [0.15, 0.2) is 24.3 Å². The minimum atomic E-state index is -0.922. The molecule has 0 saturated carbocycles. The SMILES string of the molecule is CC1(O)CCN(C(=O)O)[C@@H](Cc2ccc(Cl)cc2)C1. The van der Waals surface area contributed by atoms with E-state index in [1.54, 1.807) is 19.1 Å². The van der Waals surface area contributed by atoms with Gasteiger partial charge >= 0.3 is 6.09 Å². The van der Waals surface area contributed by atoms with E-state index in [0.717, 1.165) is 5.56 Å². The summed E-state index contributed by atoms with van der Waals surface area (Å²) in [5.41, 5.74) is 0.238. The van der Waals surface area contributed by atoms with Gasteiger partial charge in [0.2, 0.25) is 0 Å². The summed E-state index contributed by atoms with van der Waals surface area (Å²) in [4.78, 5) is 12.7. The fourth-order valence-electron chi connectivity index (χ4n) is 2.59. The second kappa shape index (κ2) is 5.39. The van der Waals surface area contributed by atoms with Gasteiger partial charge in [0.1, 0.15) is 0 Å². The van der Waals surface area contributed by atoms with Crippen LogP contribution in [0.2, 0.25) is 5.02 Å². The van der Waals surface area contributed by atoms with Gasteiger partial charge < -0.3 is 15.1 Å². The Hall–Kier alpha value is -1.26. The predicted molar refractivity (Wildman–Crippen MR) is 73.5 cm³/mol. The molecule has 2 atom stereocenters. The summed E-state index contributed by atoms with van der Waals surface area (Å²) in [6.45, 7) is 2.14. The van der Waals surface area contributed by atoms with Gasteiger partial charge in [-0.3, -0.25) is 0 Å². The lowest BCUT2D eigenvalue weighted by Crippen LogP contribution is -2.52. The monoisotopic (exact) mass is 283 g/mol. The maximum absolute atomic E-state index is 11.2. The van der Waals surface area contributed by atoms with Crippen LogP contribution in [-0.4, -0.2) is 39.4 Å². The molecule has 1 aliphatic heterocycles. The molecular formula is C14H18ClNO3. The molecule has 0 aliphatic carbocycles. The Balaban J connectivity index is 2.13. The van der Waals surface area contributed by atoms with E-state index in [-0.39, 0.29) is 6.04 Å². The van der Waals surface area contributed by atoms with E-state index in [4.69, 9.17) is 11.6 Å². The van der Waals surface area contributed by atoms with Crippen LogP contribution in [0.1, 0.15) is 25.3 Å². The number of likely N-dealkylation sites (tertiary alicyclic amines) is 1. The van der Waals surface area contributed by atoms with Crippen molar-refractivity contribution in [2.75, 3.05) is 6.54 Å². The van der Waals surface area contributed by atoms with E-state index >= 15 is 0 Å². The number of rotatable bonds is 2. The summed E-state index contributed by atoms with van der Waals surface area (Å²) in [6.07, 6.45) is 0.618. The van der Waals surface area contributed by atoms with E-state index < -0.39 is 11.7 Å². The lowest BCUT2D eigenvalue weighted by molar-refractivity contribution is -0.0262. The molecule has 1 aromatic rings. The second-order valence-corrected chi connectivity index (χ2v) is 5.85. The quantitative estimate of drug-likeness (QED) is 0.877. The van der Waals surface area contributed by atoms with Crippen LogP contribution in [0.5, 0.6) is 0 Å². The van der Waals surface area contributed by atoms with Crippen LogP contribution in [0.25, 0.3) is 0 Å². The minimum Gasteiger partial charge on any atom is -0.465 e. The van der Waals surface area contributed by atoms with Crippen molar-refractivity contribution in [3.63, 3.8) is 0 Å². The van der Waals surface area contributed by atoms with E-state index in [9.17, 15) is 15.0 Å². The molecule has 1 aromatic carbocycles. The maximum atomic E-state index is 11.2. The van der Waals surface area contributed by atoms with Gasteiger partial charge in [-0.15, -0.1) is 0 Å². The average Bonchev–Trinajstić information content (AvgIpc) is 2.30. The molecule has 1 aliphatic rings. The van der Waals surface area contributed by atoms with Gasteiger partial charge in [0.05, 0.1) is 5.60 Å². The minimum absolute atomic E-state index is 0.192. The van der Waals surface area contributed by atoms with Gasteiger partial charge in [0.25, 0.3) is 0 Å². The Morgan fingerprint density at radius 3 is 2.68 bits per heavy atom. The Kier molecular flexibility index (Phi) is 4.02. The highest BCUT2D eigenvalue weighted by atomic mass is 35.5. The number of hydrogen-bond acceptors (Lipinski definition) is 2. The van der Waals surface area contributed by atoms with Gasteiger partial charge in [-0.1, -0.05) is 23.7 Å². The third-order valence-electron chi connectivity index (χ3n) is 3.64. The zero-order valence-corrected chi connectivity index (χ0v) is 11.6. The largest absolute Gasteiger partial charge is 0.465 e. The molecule has 1 saturated heterocycles. The molecule has 19 heavy (non-hydrogen) atoms. The van der Waals surface area contributed by atoms with E-state index in [1.807, 2.05) is 12.1 Å². The Morgan fingerprint density at radius 2 is 2.11 bits per heavy atom. The van der Waals surface area contributed by atoms with E-state index in [2.05, 4.69) is 0 Å². The highest BCUT2D eigenvalue weighted by Crippen LogP contribution is 2.28. The van der Waals surface area contributed by atoms with Crippen LogP contribution in [0.3, 0.4) is 0 Å². The lowest BCUT2D eigenvalue weighted by atomic mass is 9.85. The number of piperidine rings is 1. The molecule has 1 unspecified atom stereocenters.